The minimum Gasteiger partial charge on any atom is -0.338 e. The highest BCUT2D eigenvalue weighted by molar-refractivity contribution is 5.73. The zero-order valence-corrected chi connectivity index (χ0v) is 7.92. The Kier molecular flexibility index (Phi) is 2.75. The van der Waals surface area contributed by atoms with Crippen molar-refractivity contribution >= 4 is 5.91 Å². The highest BCUT2D eigenvalue weighted by Gasteiger charge is 2.19. The summed E-state index contributed by atoms with van der Waals surface area (Å²) in [5.41, 5.74) is 0. The van der Waals surface area contributed by atoms with E-state index in [-0.39, 0.29) is 13.4 Å². The fraction of sp³-hybridized carbons (Fsp3) is 0.700. The van der Waals surface area contributed by atoms with Crippen LogP contribution >= 0.6 is 0 Å². The van der Waals surface area contributed by atoms with Crippen LogP contribution < -0.4 is 0 Å². The number of nitrogens with zero attached hydrogens (tertiary/aromatic N) is 1. The second-order valence-electron chi connectivity index (χ2n) is 3.45. The maximum Gasteiger partial charge on any atom is 0.219 e. The van der Waals surface area contributed by atoms with E-state index in [0.29, 0.717) is 5.92 Å². The first-order valence-corrected chi connectivity index (χ1v) is 4.37. The molecule has 0 aliphatic carbocycles. The molecule has 0 N–H and O–H groups in total. The van der Waals surface area contributed by atoms with Gasteiger partial charge in [-0.15, -0.1) is 5.92 Å². The maximum absolute atomic E-state index is 11.2. The van der Waals surface area contributed by atoms with E-state index >= 15 is 0 Å². The first-order chi connectivity index (χ1) is 5.61. The van der Waals surface area contributed by atoms with E-state index in [1.807, 2.05) is 11.8 Å². The van der Waals surface area contributed by atoms with Crippen LogP contribution in [0.4, 0.5) is 0 Å². The lowest BCUT2D eigenvalue weighted by Crippen LogP contribution is -2.38. The Morgan fingerprint density at radius 3 is 2.83 bits per heavy atom. The third-order valence-electron chi connectivity index (χ3n) is 2.15. The molecule has 0 aromatic carbocycles. The van der Waals surface area contributed by atoms with Crippen molar-refractivity contribution < 1.29 is 6.22 Å². The standard InChI is InChI=1S/C10H15NO.H2/c1-8-5-4-6-9(2)11(7-8)10(3)12;/h8-9H,6-7H2,1-3H3;1H/t8-,9-;/m0./s1. The molecule has 0 radical (unpaired) electrons. The van der Waals surface area contributed by atoms with E-state index in [1.54, 1.807) is 6.92 Å². The summed E-state index contributed by atoms with van der Waals surface area (Å²) < 4.78 is 0. The molecule has 0 aromatic heterocycles. The molecular weight excluding hydrogens is 150 g/mol. The Balaban J connectivity index is 0.00000144. The molecule has 1 heterocycles. The average molecular weight is 167 g/mol. The van der Waals surface area contributed by atoms with Gasteiger partial charge in [-0.3, -0.25) is 4.79 Å². The van der Waals surface area contributed by atoms with Crippen molar-refractivity contribution in [2.75, 3.05) is 6.54 Å². The molecule has 0 aromatic rings. The Hall–Kier alpha value is -0.970. The highest BCUT2D eigenvalue weighted by atomic mass is 16.2. The summed E-state index contributed by atoms with van der Waals surface area (Å²) >= 11 is 0. The molecule has 0 unspecified atom stereocenters. The van der Waals surface area contributed by atoms with Gasteiger partial charge >= 0.3 is 0 Å². The van der Waals surface area contributed by atoms with Crippen LogP contribution in [0.25, 0.3) is 0 Å². The molecule has 2 atom stereocenters. The maximum atomic E-state index is 11.2. The number of hydrogen-bond acceptors (Lipinski definition) is 1. The fourth-order valence-corrected chi connectivity index (χ4v) is 1.45. The van der Waals surface area contributed by atoms with Crippen molar-refractivity contribution in [3.63, 3.8) is 0 Å². The zero-order chi connectivity index (χ0) is 9.14. The summed E-state index contributed by atoms with van der Waals surface area (Å²) in [4.78, 5) is 13.1. The van der Waals surface area contributed by atoms with Crippen molar-refractivity contribution in [2.45, 2.75) is 33.2 Å². The second kappa shape index (κ2) is 3.62. The molecule has 1 aliphatic heterocycles. The van der Waals surface area contributed by atoms with E-state index in [9.17, 15) is 4.79 Å². The third-order valence-corrected chi connectivity index (χ3v) is 2.15. The van der Waals surface area contributed by atoms with Gasteiger partial charge in [-0.1, -0.05) is 5.92 Å². The number of carbonyl (C=O) groups excluding carboxylic acids is 1. The van der Waals surface area contributed by atoms with Crippen LogP contribution in [0.3, 0.4) is 0 Å². The van der Waals surface area contributed by atoms with Crippen LogP contribution in [0.2, 0.25) is 0 Å². The molecule has 0 spiro atoms. The zero-order valence-electron chi connectivity index (χ0n) is 7.92. The van der Waals surface area contributed by atoms with Gasteiger partial charge in [-0.25, -0.2) is 0 Å². The van der Waals surface area contributed by atoms with Gasteiger partial charge < -0.3 is 4.90 Å². The summed E-state index contributed by atoms with van der Waals surface area (Å²) in [6, 6.07) is 0.278. The first kappa shape index (κ1) is 9.12. The van der Waals surface area contributed by atoms with Crippen LogP contribution in [0, 0.1) is 17.8 Å². The van der Waals surface area contributed by atoms with Gasteiger partial charge in [0.2, 0.25) is 5.91 Å². The van der Waals surface area contributed by atoms with Crippen LogP contribution in [0.5, 0.6) is 0 Å². The van der Waals surface area contributed by atoms with Crippen molar-refractivity contribution in [3.8, 4) is 11.8 Å². The van der Waals surface area contributed by atoms with Gasteiger partial charge in [-0.2, -0.15) is 0 Å². The van der Waals surface area contributed by atoms with Crippen LogP contribution in [0.1, 0.15) is 28.6 Å². The van der Waals surface area contributed by atoms with Crippen molar-refractivity contribution in [2.24, 2.45) is 5.92 Å². The van der Waals surface area contributed by atoms with Crippen LogP contribution in [0.15, 0.2) is 0 Å². The fourth-order valence-electron chi connectivity index (χ4n) is 1.45. The molecule has 1 aliphatic rings. The van der Waals surface area contributed by atoms with Gasteiger partial charge in [-0.05, 0) is 13.8 Å². The van der Waals surface area contributed by atoms with E-state index < -0.39 is 0 Å². The molecule has 0 fully saturated rings. The summed E-state index contributed by atoms with van der Waals surface area (Å²) in [7, 11) is 0. The predicted octanol–water partition coefficient (Wildman–Crippen LogP) is 1.51. The number of rotatable bonds is 0. The molecule has 0 saturated heterocycles. The Bertz CT molecular complexity index is 241. The quantitative estimate of drug-likeness (QED) is 0.501. The highest BCUT2D eigenvalue weighted by Crippen LogP contribution is 2.10. The van der Waals surface area contributed by atoms with Gasteiger partial charge in [0.15, 0.2) is 0 Å². The predicted molar refractivity (Wildman–Crippen MR) is 50.5 cm³/mol. The van der Waals surface area contributed by atoms with Gasteiger partial charge in [0, 0.05) is 33.3 Å². The molecule has 12 heavy (non-hydrogen) atoms. The van der Waals surface area contributed by atoms with Gasteiger partial charge in [0.05, 0.1) is 0 Å². The lowest BCUT2D eigenvalue weighted by molar-refractivity contribution is -0.131. The molecule has 1 amide bonds. The molecule has 68 valence electrons. The average Bonchev–Trinajstić information content (AvgIpc) is 2.13. The minimum atomic E-state index is 0. The smallest absolute Gasteiger partial charge is 0.219 e. The van der Waals surface area contributed by atoms with E-state index in [4.69, 9.17) is 0 Å². The van der Waals surface area contributed by atoms with E-state index in [2.05, 4.69) is 18.8 Å². The summed E-state index contributed by atoms with van der Waals surface area (Å²) in [5.74, 6) is 6.67. The first-order valence-electron chi connectivity index (χ1n) is 4.37. The van der Waals surface area contributed by atoms with E-state index in [1.165, 1.54) is 0 Å². The number of amides is 1. The lowest BCUT2D eigenvalue weighted by atomic mass is 10.2. The Morgan fingerprint density at radius 2 is 2.25 bits per heavy atom. The third kappa shape index (κ3) is 2.01. The Morgan fingerprint density at radius 1 is 1.58 bits per heavy atom. The second-order valence-corrected chi connectivity index (χ2v) is 3.45. The topological polar surface area (TPSA) is 20.3 Å². The van der Waals surface area contributed by atoms with Crippen LogP contribution in [-0.4, -0.2) is 23.4 Å². The van der Waals surface area contributed by atoms with Crippen molar-refractivity contribution in [1.29, 1.82) is 0 Å². The van der Waals surface area contributed by atoms with Crippen molar-refractivity contribution in [3.05, 3.63) is 0 Å². The summed E-state index contributed by atoms with van der Waals surface area (Å²) in [5, 5.41) is 0. The largest absolute Gasteiger partial charge is 0.338 e. The SMILES string of the molecule is CC(=O)N1C[C@@H](C)C#CC[C@@H]1C.[HH]. The molecule has 2 heteroatoms. The number of carbonyl (C=O) groups is 1. The normalized spacial score (nSPS) is 28.8. The monoisotopic (exact) mass is 167 g/mol. The molecule has 1 rings (SSSR count). The van der Waals surface area contributed by atoms with Gasteiger partial charge in [0.1, 0.15) is 0 Å². The minimum absolute atomic E-state index is 0. The van der Waals surface area contributed by atoms with Gasteiger partial charge in [0.25, 0.3) is 0 Å². The Labute approximate surface area is 75.4 Å². The van der Waals surface area contributed by atoms with E-state index in [0.717, 1.165) is 13.0 Å². The molecule has 0 bridgehead atoms. The molecule has 2 nitrogen and oxygen atoms in total. The molecule has 0 saturated carbocycles. The molecular formula is C10H17NO. The summed E-state index contributed by atoms with van der Waals surface area (Å²) in [6.07, 6.45) is 0.809. The summed E-state index contributed by atoms with van der Waals surface area (Å²) in [6.45, 7) is 6.51. The number of hydrogen-bond donors (Lipinski definition) is 0. The van der Waals surface area contributed by atoms with Crippen LogP contribution in [-0.2, 0) is 4.79 Å². The van der Waals surface area contributed by atoms with Crippen molar-refractivity contribution in [1.82, 2.24) is 4.90 Å². The lowest BCUT2D eigenvalue weighted by Gasteiger charge is -2.26.